The van der Waals surface area contributed by atoms with Gasteiger partial charge in [0.15, 0.2) is 0 Å². The molecule has 1 amide bonds. The highest BCUT2D eigenvalue weighted by Gasteiger charge is 2.28. The Morgan fingerprint density at radius 3 is 2.39 bits per heavy atom. The predicted octanol–water partition coefficient (Wildman–Crippen LogP) is 5.40. The number of benzene rings is 3. The van der Waals surface area contributed by atoms with Gasteiger partial charge >= 0.3 is 0 Å². The Bertz CT molecular complexity index is 1430. The van der Waals surface area contributed by atoms with Crippen LogP contribution < -0.4 is 5.01 Å². The Labute approximate surface area is 190 Å². The first-order chi connectivity index (χ1) is 16.0. The minimum Gasteiger partial charge on any atom is -0.342 e. The first-order valence-corrected chi connectivity index (χ1v) is 10.5. The number of nitro groups is 1. The molecule has 0 fully saturated rings. The van der Waals surface area contributed by atoms with Gasteiger partial charge in [-0.05, 0) is 36.8 Å². The zero-order valence-electron chi connectivity index (χ0n) is 17.9. The topological polar surface area (TPSA) is 80.7 Å². The van der Waals surface area contributed by atoms with Crippen LogP contribution in [0.1, 0.15) is 18.1 Å². The lowest BCUT2D eigenvalue weighted by Gasteiger charge is -2.10. The van der Waals surface area contributed by atoms with Gasteiger partial charge in [-0.15, -0.1) is 0 Å². The molecule has 2 heterocycles. The first kappa shape index (κ1) is 20.4. The van der Waals surface area contributed by atoms with Crippen molar-refractivity contribution in [2.45, 2.75) is 13.5 Å². The van der Waals surface area contributed by atoms with Crippen molar-refractivity contribution in [1.29, 1.82) is 0 Å². The van der Waals surface area contributed by atoms with Crippen LogP contribution in [0.4, 0.5) is 11.4 Å². The zero-order chi connectivity index (χ0) is 22.9. The number of hydrogen-bond acceptors (Lipinski definition) is 4. The number of anilines is 1. The summed E-state index contributed by atoms with van der Waals surface area (Å²) in [5.41, 5.74) is 4.89. The Kier molecular flexibility index (Phi) is 5.06. The standard InChI is InChI=1S/C26H20N4O3/c1-18-24(26(31)29(27-18)21-7-3-2-4-8-21)15-20-17-28(25-10-6-5-9-23(20)25)16-19-11-13-22(14-12-19)30(32)33/h2-15,17H,16H2,1H3. The number of aromatic nitrogens is 1. The molecular formula is C26H20N4O3. The van der Waals surface area contributed by atoms with Crippen molar-refractivity contribution in [2.24, 2.45) is 5.10 Å². The molecule has 0 atom stereocenters. The normalized spacial score (nSPS) is 14.8. The number of rotatable bonds is 5. The van der Waals surface area contributed by atoms with Crippen molar-refractivity contribution in [3.05, 3.63) is 112 Å². The van der Waals surface area contributed by atoms with E-state index in [1.807, 2.05) is 73.8 Å². The molecule has 0 bridgehead atoms. The van der Waals surface area contributed by atoms with Gasteiger partial charge in [-0.3, -0.25) is 14.9 Å². The van der Waals surface area contributed by atoms with E-state index in [0.717, 1.165) is 27.7 Å². The van der Waals surface area contributed by atoms with Gasteiger partial charge in [-0.2, -0.15) is 10.1 Å². The van der Waals surface area contributed by atoms with E-state index >= 15 is 0 Å². The van der Waals surface area contributed by atoms with Crippen molar-refractivity contribution < 1.29 is 9.72 Å². The van der Waals surface area contributed by atoms with E-state index in [1.54, 1.807) is 12.1 Å². The summed E-state index contributed by atoms with van der Waals surface area (Å²) in [6.07, 6.45) is 3.89. The highest BCUT2D eigenvalue weighted by Crippen LogP contribution is 2.29. The molecule has 1 aliphatic heterocycles. The Balaban J connectivity index is 1.51. The summed E-state index contributed by atoms with van der Waals surface area (Å²) in [5, 5.41) is 17.8. The number of carbonyl (C=O) groups is 1. The number of nitrogens with zero attached hydrogens (tertiary/aromatic N) is 4. The third-order valence-electron chi connectivity index (χ3n) is 5.68. The van der Waals surface area contributed by atoms with Crippen LogP contribution in [-0.4, -0.2) is 21.1 Å². The lowest BCUT2D eigenvalue weighted by atomic mass is 10.1. The molecule has 33 heavy (non-hydrogen) atoms. The second-order valence-electron chi connectivity index (χ2n) is 7.85. The summed E-state index contributed by atoms with van der Waals surface area (Å²) in [4.78, 5) is 23.7. The number of carbonyl (C=O) groups excluding carboxylic acids is 1. The molecule has 0 unspecified atom stereocenters. The lowest BCUT2D eigenvalue weighted by Crippen LogP contribution is -2.21. The van der Waals surface area contributed by atoms with Gasteiger partial charge in [0.1, 0.15) is 0 Å². The smallest absolute Gasteiger partial charge is 0.280 e. The van der Waals surface area contributed by atoms with Gasteiger partial charge in [0.2, 0.25) is 0 Å². The third kappa shape index (κ3) is 3.80. The van der Waals surface area contributed by atoms with Crippen LogP contribution in [0.5, 0.6) is 0 Å². The maximum atomic E-state index is 13.1. The van der Waals surface area contributed by atoms with Gasteiger partial charge < -0.3 is 4.57 Å². The Hall–Kier alpha value is -4.52. The minimum absolute atomic E-state index is 0.0685. The van der Waals surface area contributed by atoms with Crippen molar-refractivity contribution in [2.75, 3.05) is 5.01 Å². The SMILES string of the molecule is CC1=NN(c2ccccc2)C(=O)C1=Cc1cn(Cc2ccc([N+](=O)[O-])cc2)c2ccccc12. The van der Waals surface area contributed by atoms with E-state index in [0.29, 0.717) is 17.8 Å². The van der Waals surface area contributed by atoms with Crippen LogP contribution in [-0.2, 0) is 11.3 Å². The molecule has 0 aliphatic carbocycles. The van der Waals surface area contributed by atoms with Crippen LogP contribution in [0.3, 0.4) is 0 Å². The number of hydrogen-bond donors (Lipinski definition) is 0. The molecule has 5 rings (SSSR count). The molecule has 7 heteroatoms. The van der Waals surface area contributed by atoms with Crippen molar-refractivity contribution in [3.63, 3.8) is 0 Å². The average molecular weight is 436 g/mol. The van der Waals surface area contributed by atoms with E-state index in [9.17, 15) is 14.9 Å². The minimum atomic E-state index is -0.402. The predicted molar refractivity (Wildman–Crippen MR) is 129 cm³/mol. The van der Waals surface area contributed by atoms with Gasteiger partial charge in [-0.1, -0.05) is 48.5 Å². The van der Waals surface area contributed by atoms with Gasteiger partial charge in [0, 0.05) is 41.3 Å². The molecule has 0 radical (unpaired) electrons. The molecule has 162 valence electrons. The average Bonchev–Trinajstić information content (AvgIpc) is 3.32. The second kappa shape index (κ2) is 8.20. The summed E-state index contributed by atoms with van der Waals surface area (Å²) in [6, 6.07) is 23.9. The van der Waals surface area contributed by atoms with Crippen molar-refractivity contribution in [3.8, 4) is 0 Å². The molecule has 4 aromatic rings. The van der Waals surface area contributed by atoms with Crippen LogP contribution >= 0.6 is 0 Å². The van der Waals surface area contributed by atoms with E-state index in [4.69, 9.17) is 0 Å². The summed E-state index contributed by atoms with van der Waals surface area (Å²) in [7, 11) is 0. The van der Waals surface area contributed by atoms with Crippen LogP contribution in [0.25, 0.3) is 17.0 Å². The highest BCUT2D eigenvalue weighted by molar-refractivity contribution is 6.32. The quantitative estimate of drug-likeness (QED) is 0.238. The lowest BCUT2D eigenvalue weighted by molar-refractivity contribution is -0.384. The Morgan fingerprint density at radius 1 is 0.970 bits per heavy atom. The Morgan fingerprint density at radius 2 is 1.67 bits per heavy atom. The number of non-ortho nitro benzene ring substituents is 1. The van der Waals surface area contributed by atoms with E-state index in [2.05, 4.69) is 9.67 Å². The van der Waals surface area contributed by atoms with E-state index in [-0.39, 0.29) is 11.6 Å². The number of amides is 1. The fourth-order valence-corrected chi connectivity index (χ4v) is 4.02. The molecule has 0 spiro atoms. The largest absolute Gasteiger partial charge is 0.342 e. The number of hydrazone groups is 1. The van der Waals surface area contributed by atoms with Gasteiger partial charge in [-0.25, -0.2) is 0 Å². The third-order valence-corrected chi connectivity index (χ3v) is 5.68. The van der Waals surface area contributed by atoms with Crippen LogP contribution in [0.2, 0.25) is 0 Å². The van der Waals surface area contributed by atoms with Crippen LogP contribution in [0, 0.1) is 10.1 Å². The summed E-state index contributed by atoms with van der Waals surface area (Å²) in [5.74, 6) is -0.161. The fourth-order valence-electron chi connectivity index (χ4n) is 4.02. The molecule has 7 nitrogen and oxygen atoms in total. The number of fused-ring (bicyclic) bond motifs is 1. The molecule has 0 saturated heterocycles. The highest BCUT2D eigenvalue weighted by atomic mass is 16.6. The monoisotopic (exact) mass is 436 g/mol. The molecule has 1 aliphatic rings. The van der Waals surface area contributed by atoms with Gasteiger partial charge in [0.05, 0.1) is 21.9 Å². The first-order valence-electron chi connectivity index (χ1n) is 10.5. The fraction of sp³-hybridized carbons (Fsp3) is 0.0769. The molecule has 0 N–H and O–H groups in total. The molecular weight excluding hydrogens is 416 g/mol. The molecule has 1 aromatic heterocycles. The maximum Gasteiger partial charge on any atom is 0.280 e. The molecule has 3 aromatic carbocycles. The van der Waals surface area contributed by atoms with E-state index in [1.165, 1.54) is 17.1 Å². The van der Waals surface area contributed by atoms with Crippen molar-refractivity contribution in [1.82, 2.24) is 4.57 Å². The van der Waals surface area contributed by atoms with Crippen LogP contribution in [0.15, 0.2) is 95.7 Å². The number of para-hydroxylation sites is 2. The summed E-state index contributed by atoms with van der Waals surface area (Å²) in [6.45, 7) is 2.39. The second-order valence-corrected chi connectivity index (χ2v) is 7.85. The molecule has 0 saturated carbocycles. The summed E-state index contributed by atoms with van der Waals surface area (Å²) >= 11 is 0. The van der Waals surface area contributed by atoms with Crippen molar-refractivity contribution >= 4 is 40.0 Å². The van der Waals surface area contributed by atoms with Gasteiger partial charge in [0.25, 0.3) is 11.6 Å². The number of nitro benzene ring substituents is 1. The maximum absolute atomic E-state index is 13.1. The zero-order valence-corrected chi connectivity index (χ0v) is 17.9. The summed E-state index contributed by atoms with van der Waals surface area (Å²) < 4.78 is 2.09. The van der Waals surface area contributed by atoms with E-state index < -0.39 is 4.92 Å².